The lowest BCUT2D eigenvalue weighted by molar-refractivity contribution is 0.903. The molecule has 1 N–H and O–H groups in total. The van der Waals surface area contributed by atoms with Crippen LogP contribution in [0.4, 0.5) is 11.9 Å². The van der Waals surface area contributed by atoms with E-state index in [1.54, 1.807) is 22.7 Å². The number of fused-ring (bicyclic) bond motifs is 2. The van der Waals surface area contributed by atoms with Crippen molar-refractivity contribution in [3.05, 3.63) is 58.1 Å². The highest BCUT2D eigenvalue weighted by atomic mass is 32.1. The molecule has 0 amide bonds. The van der Waals surface area contributed by atoms with Crippen LogP contribution in [-0.4, -0.2) is 24.3 Å². The first kappa shape index (κ1) is 16.2. The minimum absolute atomic E-state index is 0.375. The predicted molar refractivity (Wildman–Crippen MR) is 108 cm³/mol. The monoisotopic (exact) mass is 393 g/mol. The predicted octanol–water partition coefficient (Wildman–Crippen LogP) is 3.38. The normalized spacial score (nSPS) is 13.3. The Balaban J connectivity index is 1.58. The molecule has 0 saturated carbocycles. The van der Waals surface area contributed by atoms with Crippen molar-refractivity contribution >= 4 is 55.0 Å². The van der Waals surface area contributed by atoms with Crippen LogP contribution in [0.15, 0.2) is 58.5 Å². The van der Waals surface area contributed by atoms with Gasteiger partial charge >= 0.3 is 0 Å². The zero-order chi connectivity index (χ0) is 18.4. The van der Waals surface area contributed by atoms with E-state index in [0.717, 1.165) is 20.6 Å². The average molecular weight is 394 g/mol. The van der Waals surface area contributed by atoms with Crippen LogP contribution >= 0.6 is 22.7 Å². The summed E-state index contributed by atoms with van der Waals surface area (Å²) in [5.41, 5.74) is 2.28. The highest BCUT2D eigenvalue weighted by molar-refractivity contribution is 7.16. The van der Waals surface area contributed by atoms with Crippen LogP contribution in [0.25, 0.3) is 20.4 Å². The molecule has 7 nitrogen and oxygen atoms in total. The number of para-hydroxylation sites is 2. The Morgan fingerprint density at radius 1 is 0.815 bits per heavy atom. The van der Waals surface area contributed by atoms with Crippen molar-refractivity contribution in [1.29, 1.82) is 0 Å². The number of hydrogen-bond donors (Lipinski definition) is 1. The summed E-state index contributed by atoms with van der Waals surface area (Å²) in [7, 11) is 3.99. The number of benzene rings is 2. The first-order chi connectivity index (χ1) is 13.2. The number of aromatic nitrogens is 5. The van der Waals surface area contributed by atoms with E-state index < -0.39 is 0 Å². The molecule has 5 rings (SSSR count). The molecule has 0 radical (unpaired) electrons. The molecule has 134 valence electrons. The lowest BCUT2D eigenvalue weighted by Crippen LogP contribution is -2.09. The fraction of sp³-hybridized carbons (Fsp3) is 0.111. The maximum atomic E-state index is 4.59. The molecular formula is C18H15N7S2. The van der Waals surface area contributed by atoms with E-state index in [1.165, 1.54) is 9.40 Å². The Morgan fingerprint density at radius 3 is 1.96 bits per heavy atom. The van der Waals surface area contributed by atoms with Gasteiger partial charge in [0.15, 0.2) is 9.60 Å². The molecule has 9 heteroatoms. The zero-order valence-corrected chi connectivity index (χ0v) is 16.3. The van der Waals surface area contributed by atoms with Crippen LogP contribution in [0.3, 0.4) is 0 Å². The fourth-order valence-corrected chi connectivity index (χ4v) is 4.93. The highest BCUT2D eigenvalue weighted by Crippen LogP contribution is 2.18. The third-order valence-corrected chi connectivity index (χ3v) is 6.51. The minimum atomic E-state index is 0.375. The van der Waals surface area contributed by atoms with E-state index in [9.17, 15) is 0 Å². The molecular weight excluding hydrogens is 378 g/mol. The molecule has 0 aliphatic heterocycles. The molecule has 0 atom stereocenters. The lowest BCUT2D eigenvalue weighted by atomic mass is 10.3. The third kappa shape index (κ3) is 2.81. The van der Waals surface area contributed by atoms with E-state index in [2.05, 4.69) is 49.4 Å². The maximum Gasteiger partial charge on any atom is 0.272 e. The SMILES string of the molecule is Cn1c(=Nc2n[nH]c(N=c3sc4ccccc4n3C)n2)sc2ccccc21. The molecule has 2 aromatic carbocycles. The molecule has 0 fully saturated rings. The van der Waals surface area contributed by atoms with Crippen molar-refractivity contribution in [3.8, 4) is 0 Å². The van der Waals surface area contributed by atoms with Crippen LogP contribution in [0.5, 0.6) is 0 Å². The number of hydrogen-bond acceptors (Lipinski definition) is 6. The van der Waals surface area contributed by atoms with Crippen molar-refractivity contribution in [2.45, 2.75) is 0 Å². The van der Waals surface area contributed by atoms with Gasteiger partial charge in [-0.1, -0.05) is 46.9 Å². The Hall–Kier alpha value is -3.04. The van der Waals surface area contributed by atoms with Gasteiger partial charge < -0.3 is 9.13 Å². The molecule has 0 aliphatic carbocycles. The molecule has 0 unspecified atom stereocenters. The second-order valence-corrected chi connectivity index (χ2v) is 8.02. The summed E-state index contributed by atoms with van der Waals surface area (Å²) < 4.78 is 6.45. The Morgan fingerprint density at radius 2 is 1.37 bits per heavy atom. The number of nitrogens with one attached hydrogen (secondary N) is 1. The topological polar surface area (TPSA) is 76.2 Å². The molecule has 0 saturated heterocycles. The average Bonchev–Trinajstić information content (AvgIpc) is 3.35. The third-order valence-electron chi connectivity index (χ3n) is 4.29. The van der Waals surface area contributed by atoms with Crippen molar-refractivity contribution in [1.82, 2.24) is 24.3 Å². The zero-order valence-electron chi connectivity index (χ0n) is 14.6. The van der Waals surface area contributed by atoms with Gasteiger partial charge in [-0.05, 0) is 24.3 Å². The summed E-state index contributed by atoms with van der Waals surface area (Å²) in [6, 6.07) is 16.4. The van der Waals surface area contributed by atoms with Crippen molar-refractivity contribution in [2.75, 3.05) is 0 Å². The van der Waals surface area contributed by atoms with Gasteiger partial charge in [0, 0.05) is 14.1 Å². The molecule has 0 spiro atoms. The summed E-state index contributed by atoms with van der Waals surface area (Å²) in [6.07, 6.45) is 0. The number of thiazole rings is 2. The first-order valence-corrected chi connectivity index (χ1v) is 9.93. The van der Waals surface area contributed by atoms with Crippen LogP contribution in [0, 0.1) is 0 Å². The van der Waals surface area contributed by atoms with Crippen LogP contribution < -0.4 is 9.60 Å². The number of rotatable bonds is 2. The van der Waals surface area contributed by atoms with Gasteiger partial charge in [0.1, 0.15) is 0 Å². The quantitative estimate of drug-likeness (QED) is 0.499. The van der Waals surface area contributed by atoms with Crippen molar-refractivity contribution < 1.29 is 0 Å². The van der Waals surface area contributed by atoms with Crippen LogP contribution in [0.2, 0.25) is 0 Å². The Labute approximate surface area is 161 Å². The van der Waals surface area contributed by atoms with Crippen LogP contribution in [0.1, 0.15) is 0 Å². The van der Waals surface area contributed by atoms with Gasteiger partial charge in [0.2, 0.25) is 5.95 Å². The standard InChI is InChI=1S/C18H15N7S2/c1-24-11-7-3-5-9-13(11)26-17(24)20-15-19-16(23-22-15)21-18-25(2)12-8-4-6-10-14(12)27-18/h3-10H,1-2H3,(H,19,22,23). The second kappa shape index (κ2) is 6.29. The molecule has 5 aromatic rings. The highest BCUT2D eigenvalue weighted by Gasteiger charge is 2.06. The van der Waals surface area contributed by atoms with E-state index in [1.807, 2.05) is 47.5 Å². The van der Waals surface area contributed by atoms with Gasteiger partial charge in [-0.25, -0.2) is 5.10 Å². The maximum absolute atomic E-state index is 4.59. The fourth-order valence-electron chi connectivity index (χ4n) is 2.90. The number of H-pyrrole nitrogens is 1. The van der Waals surface area contributed by atoms with E-state index >= 15 is 0 Å². The molecule has 3 aromatic heterocycles. The van der Waals surface area contributed by atoms with E-state index in [0.29, 0.717) is 11.9 Å². The Kier molecular flexibility index (Phi) is 3.76. The summed E-state index contributed by atoms with van der Waals surface area (Å²) in [4.78, 5) is 15.3. The molecule has 27 heavy (non-hydrogen) atoms. The summed E-state index contributed by atoms with van der Waals surface area (Å²) in [6.45, 7) is 0. The first-order valence-electron chi connectivity index (χ1n) is 8.30. The van der Waals surface area contributed by atoms with Gasteiger partial charge in [-0.2, -0.15) is 15.0 Å². The van der Waals surface area contributed by atoms with Crippen molar-refractivity contribution in [3.63, 3.8) is 0 Å². The van der Waals surface area contributed by atoms with Gasteiger partial charge in [-0.3, -0.25) is 0 Å². The smallest absolute Gasteiger partial charge is 0.272 e. The minimum Gasteiger partial charge on any atom is -0.319 e. The van der Waals surface area contributed by atoms with Gasteiger partial charge in [0.05, 0.1) is 20.4 Å². The van der Waals surface area contributed by atoms with E-state index in [-0.39, 0.29) is 0 Å². The molecule has 3 heterocycles. The summed E-state index contributed by atoms with van der Waals surface area (Å²) in [5, 5.41) is 7.06. The summed E-state index contributed by atoms with van der Waals surface area (Å²) in [5.74, 6) is 0.819. The molecule has 0 bridgehead atoms. The van der Waals surface area contributed by atoms with Crippen molar-refractivity contribution in [2.24, 2.45) is 24.1 Å². The summed E-state index contributed by atoms with van der Waals surface area (Å²) >= 11 is 3.22. The Bertz CT molecular complexity index is 1300. The number of nitrogens with zero attached hydrogens (tertiary/aromatic N) is 6. The van der Waals surface area contributed by atoms with Gasteiger partial charge in [0.25, 0.3) is 5.95 Å². The number of aromatic amines is 1. The molecule has 0 aliphatic rings. The second-order valence-electron chi connectivity index (χ2n) is 6.01. The lowest BCUT2D eigenvalue weighted by Gasteiger charge is -1.93. The van der Waals surface area contributed by atoms with Gasteiger partial charge in [-0.15, -0.1) is 5.10 Å². The largest absolute Gasteiger partial charge is 0.319 e. The van der Waals surface area contributed by atoms with Crippen LogP contribution in [-0.2, 0) is 14.1 Å². The number of aryl methyl sites for hydroxylation is 2. The van der Waals surface area contributed by atoms with E-state index in [4.69, 9.17) is 0 Å².